The largest absolute Gasteiger partial charge is 0.207 e. The van der Waals surface area contributed by atoms with Gasteiger partial charge >= 0.3 is 0 Å². The van der Waals surface area contributed by atoms with Gasteiger partial charge in [-0.05, 0) is 147 Å². The normalized spacial score (nSPS) is 11.4. The molecule has 3 heteroatoms. The molecule has 74 heavy (non-hydrogen) atoms. The van der Waals surface area contributed by atoms with Crippen LogP contribution in [0.3, 0.4) is 0 Å². The summed E-state index contributed by atoms with van der Waals surface area (Å²) in [7, 11) is 0. The van der Waals surface area contributed by atoms with E-state index in [1.807, 2.05) is 42.5 Å². The molecule has 0 bridgehead atoms. The lowest BCUT2D eigenvalue weighted by molar-refractivity contribution is 0.625. The molecule has 0 aliphatic heterocycles. The van der Waals surface area contributed by atoms with Crippen molar-refractivity contribution in [2.45, 2.75) is 99.8 Å². The molecule has 0 fully saturated rings. The highest BCUT2D eigenvalue weighted by atomic mass is 19.1. The van der Waals surface area contributed by atoms with Gasteiger partial charge in [0, 0.05) is 5.56 Å². The Bertz CT molecular complexity index is 3030. The highest BCUT2D eigenvalue weighted by Gasteiger charge is 2.03. The van der Waals surface area contributed by atoms with Crippen molar-refractivity contribution >= 4 is 48.6 Å². The average molecular weight is 985 g/mol. The molecule has 0 saturated carbocycles. The molecular formula is C71H75F3. The lowest BCUT2D eigenvalue weighted by Gasteiger charge is -2.07. The maximum atomic E-state index is 13.4. The minimum absolute atomic E-state index is 0.187. The second-order valence-electron chi connectivity index (χ2n) is 20.1. The maximum absolute atomic E-state index is 13.4. The second-order valence-corrected chi connectivity index (χ2v) is 20.1. The molecule has 8 rings (SSSR count). The fourth-order valence-electron chi connectivity index (χ4n) is 7.97. The molecule has 0 aliphatic rings. The Morgan fingerprint density at radius 3 is 1.00 bits per heavy atom. The molecular weight excluding hydrogens is 910 g/mol. The van der Waals surface area contributed by atoms with Gasteiger partial charge in [-0.2, -0.15) is 0 Å². The quantitative estimate of drug-likeness (QED) is 0.107. The molecule has 0 aliphatic carbocycles. The predicted octanol–water partition coefficient (Wildman–Crippen LogP) is 21.3. The summed E-state index contributed by atoms with van der Waals surface area (Å²) in [5, 5.41) is 0. The van der Waals surface area contributed by atoms with E-state index in [1.165, 1.54) is 80.4 Å². The van der Waals surface area contributed by atoms with Gasteiger partial charge in [-0.25, -0.2) is 13.2 Å². The van der Waals surface area contributed by atoms with Crippen LogP contribution in [-0.4, -0.2) is 0 Å². The van der Waals surface area contributed by atoms with Gasteiger partial charge in [0.15, 0.2) is 0 Å². The third-order valence-electron chi connectivity index (χ3n) is 12.6. The second kappa shape index (κ2) is 29.3. The zero-order valence-corrected chi connectivity index (χ0v) is 45.4. The van der Waals surface area contributed by atoms with Gasteiger partial charge in [-0.1, -0.05) is 261 Å². The minimum Gasteiger partial charge on any atom is -0.207 e. The van der Waals surface area contributed by atoms with E-state index in [-0.39, 0.29) is 17.5 Å². The van der Waals surface area contributed by atoms with E-state index < -0.39 is 0 Å². The fraction of sp³-hybridized carbons (Fsp3) is 0.211. The van der Waals surface area contributed by atoms with Crippen molar-refractivity contribution in [1.29, 1.82) is 0 Å². The van der Waals surface area contributed by atoms with Crippen molar-refractivity contribution in [3.63, 3.8) is 0 Å². The first-order valence-electron chi connectivity index (χ1n) is 25.9. The predicted molar refractivity (Wildman–Crippen MR) is 318 cm³/mol. The third-order valence-corrected chi connectivity index (χ3v) is 12.6. The lowest BCUT2D eigenvalue weighted by Crippen LogP contribution is -1.88. The molecule has 8 aromatic rings. The Kier molecular flexibility index (Phi) is 22.7. The van der Waals surface area contributed by atoms with Crippen LogP contribution in [-0.2, 0) is 0 Å². The Morgan fingerprint density at radius 1 is 0.297 bits per heavy atom. The molecule has 0 heterocycles. The smallest absolute Gasteiger partial charge is 0.130 e. The van der Waals surface area contributed by atoms with Crippen LogP contribution in [0, 0.1) is 38.2 Å². The van der Waals surface area contributed by atoms with Gasteiger partial charge in [-0.3, -0.25) is 0 Å². The van der Waals surface area contributed by atoms with Gasteiger partial charge < -0.3 is 0 Å². The van der Waals surface area contributed by atoms with E-state index in [1.54, 1.807) is 36.4 Å². The van der Waals surface area contributed by atoms with Crippen LogP contribution in [0.4, 0.5) is 13.2 Å². The standard InChI is InChI=1S/C20H24.3C17H17F/c1-14(2)19-9-6-18(7-10-19)8-11-20-16(4)12-15(3)13-17(20)5;1-13(2)16-9-5-14(6-10-16)3-4-15-7-11-17(18)12-8-15;1-13(2)16-10-8-14(9-11-16)6-7-15-4-3-5-17(18)12-15;1-13(2)15-10-7-14(8-11-15)9-12-16-5-3-4-6-17(16)18/h6-14H,1-5H3;3*3-13H,1-2H3/b11-8+;4-3+;7-6+;12-9+. The first-order chi connectivity index (χ1) is 35.4. The molecule has 0 nitrogen and oxygen atoms in total. The topological polar surface area (TPSA) is 0 Å². The van der Waals surface area contributed by atoms with Crippen LogP contribution in [0.2, 0.25) is 0 Å². The fourth-order valence-corrected chi connectivity index (χ4v) is 7.97. The number of hydrogen-bond donors (Lipinski definition) is 0. The molecule has 0 unspecified atom stereocenters. The lowest BCUT2D eigenvalue weighted by atomic mass is 9.98. The van der Waals surface area contributed by atoms with Crippen LogP contribution < -0.4 is 0 Å². The first-order valence-corrected chi connectivity index (χ1v) is 25.9. The highest BCUT2D eigenvalue weighted by molar-refractivity contribution is 5.74. The minimum atomic E-state index is -0.202. The molecule has 0 atom stereocenters. The first kappa shape index (κ1) is 57.4. The van der Waals surface area contributed by atoms with Crippen LogP contribution >= 0.6 is 0 Å². The van der Waals surface area contributed by atoms with Gasteiger partial charge in [0.05, 0.1) is 0 Å². The van der Waals surface area contributed by atoms with Crippen molar-refractivity contribution in [3.8, 4) is 0 Å². The zero-order valence-electron chi connectivity index (χ0n) is 45.4. The van der Waals surface area contributed by atoms with Gasteiger partial charge in [0.2, 0.25) is 0 Å². The highest BCUT2D eigenvalue weighted by Crippen LogP contribution is 2.23. The van der Waals surface area contributed by atoms with Crippen molar-refractivity contribution in [2.75, 3.05) is 0 Å². The van der Waals surface area contributed by atoms with Crippen LogP contribution in [0.5, 0.6) is 0 Å². The van der Waals surface area contributed by atoms with E-state index in [4.69, 9.17) is 0 Å². The molecule has 0 radical (unpaired) electrons. The summed E-state index contributed by atoms with van der Waals surface area (Å²) >= 11 is 0. The van der Waals surface area contributed by atoms with Crippen LogP contribution in [0.1, 0.15) is 163 Å². The van der Waals surface area contributed by atoms with Crippen molar-refractivity contribution < 1.29 is 13.2 Å². The Morgan fingerprint density at radius 2 is 0.635 bits per heavy atom. The van der Waals surface area contributed by atoms with Gasteiger partial charge in [-0.15, -0.1) is 0 Å². The molecule has 0 spiro atoms. The summed E-state index contributed by atoms with van der Waals surface area (Å²) in [5.41, 5.74) is 17.9. The summed E-state index contributed by atoms with van der Waals surface area (Å²) in [5.74, 6) is 1.64. The summed E-state index contributed by atoms with van der Waals surface area (Å²) in [6, 6.07) is 58.5. The Balaban J connectivity index is 0.000000183. The molecule has 8 aromatic carbocycles. The van der Waals surface area contributed by atoms with E-state index in [0.29, 0.717) is 29.2 Å². The molecule has 0 aromatic heterocycles. The number of halogens is 3. The number of hydrogen-bond acceptors (Lipinski definition) is 0. The Labute approximate surface area is 442 Å². The van der Waals surface area contributed by atoms with E-state index in [0.717, 1.165) is 27.8 Å². The number of benzene rings is 8. The monoisotopic (exact) mass is 985 g/mol. The molecule has 380 valence electrons. The third kappa shape index (κ3) is 19.5. The van der Waals surface area contributed by atoms with Crippen molar-refractivity contribution in [3.05, 3.63) is 283 Å². The maximum Gasteiger partial charge on any atom is 0.130 e. The summed E-state index contributed by atoms with van der Waals surface area (Å²) in [4.78, 5) is 0. The Hall–Kier alpha value is -7.49. The summed E-state index contributed by atoms with van der Waals surface area (Å²) < 4.78 is 39.2. The number of aryl methyl sites for hydroxylation is 3. The SMILES string of the molecule is CC(C)c1ccc(/C=C/c2ccc(F)cc2)cc1.CC(C)c1ccc(/C=C/c2cccc(F)c2)cc1.CC(C)c1ccc(/C=C/c2ccccc2F)cc1.Cc1cc(C)c(/C=C/c2ccc(C(C)C)cc2)c(C)c1. The van der Waals surface area contributed by atoms with Crippen molar-refractivity contribution in [1.82, 2.24) is 0 Å². The van der Waals surface area contributed by atoms with Gasteiger partial charge in [0.25, 0.3) is 0 Å². The molecule has 0 saturated heterocycles. The average Bonchev–Trinajstić information content (AvgIpc) is 3.38. The zero-order chi connectivity index (χ0) is 53.6. The molecule has 0 N–H and O–H groups in total. The molecule has 0 amide bonds. The van der Waals surface area contributed by atoms with Crippen molar-refractivity contribution in [2.24, 2.45) is 0 Å². The summed E-state index contributed by atoms with van der Waals surface area (Å²) in [6.07, 6.45) is 16.1. The van der Waals surface area contributed by atoms with E-state index >= 15 is 0 Å². The van der Waals surface area contributed by atoms with Crippen LogP contribution in [0.15, 0.2) is 182 Å². The van der Waals surface area contributed by atoms with E-state index in [2.05, 4.69) is 198 Å². The number of rotatable bonds is 12. The van der Waals surface area contributed by atoms with E-state index in [9.17, 15) is 13.2 Å². The van der Waals surface area contributed by atoms with Crippen LogP contribution in [0.25, 0.3) is 48.6 Å². The summed E-state index contributed by atoms with van der Waals surface area (Å²) in [6.45, 7) is 24.0. The van der Waals surface area contributed by atoms with Gasteiger partial charge in [0.1, 0.15) is 17.5 Å².